The van der Waals surface area contributed by atoms with Gasteiger partial charge in [-0.25, -0.2) is 4.98 Å². The fourth-order valence-electron chi connectivity index (χ4n) is 4.59. The van der Waals surface area contributed by atoms with Crippen LogP contribution in [0.1, 0.15) is 68.7 Å². The molecule has 2 aromatic carbocycles. The van der Waals surface area contributed by atoms with Crippen molar-refractivity contribution >= 4 is 28.6 Å². The topological polar surface area (TPSA) is 75.4 Å². The molecule has 5 nitrogen and oxygen atoms in total. The number of para-hydroxylation sites is 1. The standard InChI is InChI=1S/C26H31ClN2O3/c27-21-13-14-24-22(16-21)29-26(32-24)20(12-11-19-8-4-5-9-23(19)30)17-28-25(31)15-10-18-6-2-1-3-7-18/h4-5,8-9,13-14,16,18,20,30H,1-3,6-7,10-12,15,17H2,(H,28,31). The Morgan fingerprint density at radius 1 is 1.19 bits per heavy atom. The summed E-state index contributed by atoms with van der Waals surface area (Å²) in [4.78, 5) is 17.2. The van der Waals surface area contributed by atoms with E-state index in [1.54, 1.807) is 18.2 Å². The number of aryl methyl sites for hydroxylation is 1. The van der Waals surface area contributed by atoms with Crippen molar-refractivity contribution in [3.05, 3.63) is 58.9 Å². The minimum absolute atomic E-state index is 0.0855. The van der Waals surface area contributed by atoms with Gasteiger partial charge in [0.1, 0.15) is 11.3 Å². The molecule has 6 heteroatoms. The molecule has 0 radical (unpaired) electrons. The number of oxazole rings is 1. The van der Waals surface area contributed by atoms with Gasteiger partial charge in [-0.3, -0.25) is 4.79 Å². The van der Waals surface area contributed by atoms with Crippen LogP contribution in [0.15, 0.2) is 46.9 Å². The molecule has 1 aliphatic carbocycles. The first kappa shape index (κ1) is 22.7. The van der Waals surface area contributed by atoms with Gasteiger partial charge < -0.3 is 14.8 Å². The third-order valence-corrected chi connectivity index (χ3v) is 6.75. The quantitative estimate of drug-likeness (QED) is 0.393. The molecule has 0 spiro atoms. The number of nitrogens with zero attached hydrogens (tertiary/aromatic N) is 1. The highest BCUT2D eigenvalue weighted by atomic mass is 35.5. The lowest BCUT2D eigenvalue weighted by molar-refractivity contribution is -0.121. The zero-order valence-corrected chi connectivity index (χ0v) is 19.1. The van der Waals surface area contributed by atoms with Crippen molar-refractivity contribution in [2.75, 3.05) is 6.54 Å². The number of phenols is 1. The van der Waals surface area contributed by atoms with E-state index in [2.05, 4.69) is 10.3 Å². The number of aromatic nitrogens is 1. The van der Waals surface area contributed by atoms with Crippen LogP contribution in [0.5, 0.6) is 5.75 Å². The van der Waals surface area contributed by atoms with Crippen molar-refractivity contribution in [3.63, 3.8) is 0 Å². The minimum atomic E-state index is -0.0978. The number of aromatic hydroxyl groups is 1. The maximum atomic E-state index is 12.5. The number of halogens is 1. The maximum Gasteiger partial charge on any atom is 0.220 e. The number of nitrogens with one attached hydrogen (secondary N) is 1. The molecule has 1 unspecified atom stereocenters. The average Bonchev–Trinajstić information content (AvgIpc) is 3.22. The van der Waals surface area contributed by atoms with Gasteiger partial charge in [-0.2, -0.15) is 0 Å². The number of hydrogen-bond donors (Lipinski definition) is 2. The summed E-state index contributed by atoms with van der Waals surface area (Å²) in [6.45, 7) is 0.456. The van der Waals surface area contributed by atoms with Crippen molar-refractivity contribution < 1.29 is 14.3 Å². The molecule has 3 aromatic rings. The normalized spacial score (nSPS) is 15.7. The van der Waals surface area contributed by atoms with E-state index in [9.17, 15) is 9.90 Å². The molecule has 1 heterocycles. The monoisotopic (exact) mass is 454 g/mol. The minimum Gasteiger partial charge on any atom is -0.508 e. The van der Waals surface area contributed by atoms with Gasteiger partial charge in [0.05, 0.1) is 5.92 Å². The van der Waals surface area contributed by atoms with E-state index in [0.29, 0.717) is 53.7 Å². The van der Waals surface area contributed by atoms with Crippen molar-refractivity contribution in [2.45, 2.75) is 63.7 Å². The van der Waals surface area contributed by atoms with Crippen molar-refractivity contribution in [1.29, 1.82) is 0 Å². The molecular weight excluding hydrogens is 424 g/mol. The Bertz CT molecular complexity index is 1040. The lowest BCUT2D eigenvalue weighted by Gasteiger charge is -2.21. The number of carbonyl (C=O) groups excluding carboxylic acids is 1. The number of amides is 1. The molecule has 1 saturated carbocycles. The second kappa shape index (κ2) is 10.9. The second-order valence-corrected chi connectivity index (χ2v) is 9.31. The molecule has 32 heavy (non-hydrogen) atoms. The fraction of sp³-hybridized carbons (Fsp3) is 0.462. The molecule has 1 aliphatic rings. The number of hydrogen-bond acceptors (Lipinski definition) is 4. The number of fused-ring (bicyclic) bond motifs is 1. The van der Waals surface area contributed by atoms with Gasteiger partial charge >= 0.3 is 0 Å². The Morgan fingerprint density at radius 3 is 2.81 bits per heavy atom. The van der Waals surface area contributed by atoms with Gasteiger partial charge in [-0.1, -0.05) is 61.9 Å². The van der Waals surface area contributed by atoms with Crippen molar-refractivity contribution in [3.8, 4) is 5.75 Å². The summed E-state index contributed by atoms with van der Waals surface area (Å²) in [5.74, 6) is 1.55. The molecule has 0 saturated heterocycles. The van der Waals surface area contributed by atoms with Gasteiger partial charge in [-0.15, -0.1) is 0 Å². The van der Waals surface area contributed by atoms with E-state index in [0.717, 1.165) is 12.0 Å². The number of rotatable bonds is 9. The molecule has 1 atom stereocenters. The molecule has 1 amide bonds. The highest BCUT2D eigenvalue weighted by Crippen LogP contribution is 2.29. The summed E-state index contributed by atoms with van der Waals surface area (Å²) >= 11 is 6.10. The molecule has 4 rings (SSSR count). The number of benzene rings is 2. The maximum absolute atomic E-state index is 12.5. The predicted octanol–water partition coefficient (Wildman–Crippen LogP) is 6.38. The van der Waals surface area contributed by atoms with Crippen LogP contribution in [0.25, 0.3) is 11.1 Å². The highest BCUT2D eigenvalue weighted by molar-refractivity contribution is 6.31. The molecule has 170 valence electrons. The first-order valence-corrected chi connectivity index (χ1v) is 12.1. The summed E-state index contributed by atoms with van der Waals surface area (Å²) in [6, 6.07) is 12.7. The molecule has 2 N–H and O–H groups in total. The van der Waals surface area contributed by atoms with Crippen LogP contribution in [-0.2, 0) is 11.2 Å². The largest absolute Gasteiger partial charge is 0.508 e. The Morgan fingerprint density at radius 2 is 2.00 bits per heavy atom. The van der Waals surface area contributed by atoms with Crippen LogP contribution in [-0.4, -0.2) is 22.5 Å². The summed E-state index contributed by atoms with van der Waals surface area (Å²) in [7, 11) is 0. The van der Waals surface area contributed by atoms with Crippen LogP contribution in [0, 0.1) is 5.92 Å². The fourth-order valence-corrected chi connectivity index (χ4v) is 4.76. The molecule has 0 aliphatic heterocycles. The van der Waals surface area contributed by atoms with E-state index in [1.807, 2.05) is 24.3 Å². The van der Waals surface area contributed by atoms with Crippen molar-refractivity contribution in [1.82, 2.24) is 10.3 Å². The number of phenolic OH excluding ortho intramolecular Hbond substituents is 1. The third-order valence-electron chi connectivity index (χ3n) is 6.52. The second-order valence-electron chi connectivity index (χ2n) is 8.88. The van der Waals surface area contributed by atoms with E-state index < -0.39 is 0 Å². The first-order chi connectivity index (χ1) is 15.6. The molecule has 1 aromatic heterocycles. The van der Waals surface area contributed by atoms with Crippen LogP contribution in [0.3, 0.4) is 0 Å². The molecule has 0 bridgehead atoms. The summed E-state index contributed by atoms with van der Waals surface area (Å²) in [5, 5.41) is 13.8. The number of carbonyl (C=O) groups is 1. The Balaban J connectivity index is 1.41. The zero-order chi connectivity index (χ0) is 22.3. The van der Waals surface area contributed by atoms with E-state index in [4.69, 9.17) is 16.0 Å². The third kappa shape index (κ3) is 6.04. The van der Waals surface area contributed by atoms with Gasteiger partial charge in [-0.05, 0) is 55.0 Å². The van der Waals surface area contributed by atoms with Gasteiger partial charge in [0.15, 0.2) is 11.5 Å². The Hall–Kier alpha value is -2.53. The molecular formula is C26H31ClN2O3. The summed E-state index contributed by atoms with van der Waals surface area (Å²) in [6.07, 6.45) is 9.32. The zero-order valence-electron chi connectivity index (χ0n) is 18.4. The van der Waals surface area contributed by atoms with Crippen molar-refractivity contribution in [2.24, 2.45) is 5.92 Å². The van der Waals surface area contributed by atoms with Gasteiger partial charge in [0, 0.05) is 18.0 Å². The van der Waals surface area contributed by atoms with Gasteiger partial charge in [0.2, 0.25) is 5.91 Å². The van der Waals surface area contributed by atoms with E-state index >= 15 is 0 Å². The SMILES string of the molecule is O=C(CCC1CCCCC1)NCC(CCc1ccccc1O)c1nc2cc(Cl)ccc2o1. The van der Waals surface area contributed by atoms with E-state index in [-0.39, 0.29) is 17.6 Å². The van der Waals surface area contributed by atoms with Crippen LogP contribution >= 0.6 is 11.6 Å². The lowest BCUT2D eigenvalue weighted by Crippen LogP contribution is -2.29. The van der Waals surface area contributed by atoms with E-state index in [1.165, 1.54) is 32.1 Å². The first-order valence-electron chi connectivity index (χ1n) is 11.7. The Labute approximate surface area is 194 Å². The summed E-state index contributed by atoms with van der Waals surface area (Å²) < 4.78 is 6.01. The van der Waals surface area contributed by atoms with Crippen LogP contribution in [0.4, 0.5) is 0 Å². The highest BCUT2D eigenvalue weighted by Gasteiger charge is 2.21. The van der Waals surface area contributed by atoms with Crippen LogP contribution in [0.2, 0.25) is 5.02 Å². The predicted molar refractivity (Wildman–Crippen MR) is 127 cm³/mol. The average molecular weight is 455 g/mol. The van der Waals surface area contributed by atoms with Crippen LogP contribution < -0.4 is 5.32 Å². The molecule has 1 fully saturated rings. The van der Waals surface area contributed by atoms with Gasteiger partial charge in [0.25, 0.3) is 0 Å². The Kier molecular flexibility index (Phi) is 7.69. The lowest BCUT2D eigenvalue weighted by atomic mass is 9.86. The summed E-state index contributed by atoms with van der Waals surface area (Å²) in [5.41, 5.74) is 2.27. The smallest absolute Gasteiger partial charge is 0.220 e.